The van der Waals surface area contributed by atoms with Gasteiger partial charge < -0.3 is 16.4 Å². The Morgan fingerprint density at radius 1 is 1.19 bits per heavy atom. The molecule has 0 saturated heterocycles. The van der Waals surface area contributed by atoms with Gasteiger partial charge in [0.05, 0.1) is 11.3 Å². The molecule has 26 heavy (non-hydrogen) atoms. The second-order valence-electron chi connectivity index (χ2n) is 5.93. The molecule has 1 heterocycles. The van der Waals surface area contributed by atoms with Crippen LogP contribution in [0.2, 0.25) is 0 Å². The predicted molar refractivity (Wildman–Crippen MR) is 110 cm³/mol. The van der Waals surface area contributed by atoms with Crippen molar-refractivity contribution < 1.29 is 9.59 Å². The SMILES string of the molecule is Cc1cc(CCCC(=O)Nc2ccccc2C(=O)NCCN)c(C)s1.Cl. The maximum absolute atomic E-state index is 12.2. The number of nitrogens with two attached hydrogens (primary N) is 1. The van der Waals surface area contributed by atoms with Gasteiger partial charge in [0.1, 0.15) is 0 Å². The van der Waals surface area contributed by atoms with Crippen LogP contribution in [0.15, 0.2) is 30.3 Å². The summed E-state index contributed by atoms with van der Waals surface area (Å²) in [7, 11) is 0. The average Bonchev–Trinajstić information content (AvgIpc) is 2.90. The third kappa shape index (κ3) is 6.44. The molecule has 142 valence electrons. The van der Waals surface area contributed by atoms with Crippen molar-refractivity contribution in [1.82, 2.24) is 5.32 Å². The van der Waals surface area contributed by atoms with Gasteiger partial charge in [0.25, 0.3) is 5.91 Å². The van der Waals surface area contributed by atoms with Crippen molar-refractivity contribution in [2.24, 2.45) is 5.73 Å². The number of hydrogen-bond donors (Lipinski definition) is 3. The van der Waals surface area contributed by atoms with Crippen molar-refractivity contribution in [2.45, 2.75) is 33.1 Å². The van der Waals surface area contributed by atoms with E-state index >= 15 is 0 Å². The smallest absolute Gasteiger partial charge is 0.253 e. The second-order valence-corrected chi connectivity index (χ2v) is 7.39. The van der Waals surface area contributed by atoms with Gasteiger partial charge >= 0.3 is 0 Å². The zero-order valence-electron chi connectivity index (χ0n) is 15.1. The zero-order valence-corrected chi connectivity index (χ0v) is 16.8. The van der Waals surface area contributed by atoms with Crippen LogP contribution in [0.3, 0.4) is 0 Å². The number of carbonyl (C=O) groups is 2. The first-order chi connectivity index (χ1) is 12.0. The van der Waals surface area contributed by atoms with Gasteiger partial charge in [-0.15, -0.1) is 23.7 Å². The fourth-order valence-electron chi connectivity index (χ4n) is 2.65. The fourth-order valence-corrected chi connectivity index (χ4v) is 3.63. The van der Waals surface area contributed by atoms with Crippen molar-refractivity contribution in [3.05, 3.63) is 51.2 Å². The van der Waals surface area contributed by atoms with E-state index in [4.69, 9.17) is 5.73 Å². The molecule has 0 unspecified atom stereocenters. The minimum absolute atomic E-state index is 0. The Bertz CT molecular complexity index is 746. The molecule has 0 fully saturated rings. The highest BCUT2D eigenvalue weighted by molar-refractivity contribution is 7.12. The standard InChI is InChI=1S/C19H25N3O2S.ClH/c1-13-12-15(14(2)25-13)6-5-9-18(23)22-17-8-4-3-7-16(17)19(24)21-11-10-20;/h3-4,7-8,12H,5-6,9-11,20H2,1-2H3,(H,21,24)(H,22,23);1H. The summed E-state index contributed by atoms with van der Waals surface area (Å²) in [4.78, 5) is 27.0. The third-order valence-corrected chi connectivity index (χ3v) is 4.88. The molecule has 1 aromatic heterocycles. The molecule has 0 spiro atoms. The van der Waals surface area contributed by atoms with Crippen LogP contribution in [0.4, 0.5) is 5.69 Å². The maximum atomic E-state index is 12.2. The summed E-state index contributed by atoms with van der Waals surface area (Å²) < 4.78 is 0. The lowest BCUT2D eigenvalue weighted by Gasteiger charge is -2.11. The molecule has 0 saturated carbocycles. The van der Waals surface area contributed by atoms with E-state index in [2.05, 4.69) is 30.5 Å². The number of thiophene rings is 1. The first-order valence-electron chi connectivity index (χ1n) is 8.44. The van der Waals surface area contributed by atoms with Crippen molar-refractivity contribution >= 4 is 41.2 Å². The number of carbonyl (C=O) groups excluding carboxylic acids is 2. The number of hydrogen-bond acceptors (Lipinski definition) is 4. The Labute approximate surface area is 164 Å². The van der Waals surface area contributed by atoms with E-state index in [1.807, 2.05) is 0 Å². The number of para-hydroxylation sites is 1. The van der Waals surface area contributed by atoms with Gasteiger partial charge in [-0.1, -0.05) is 12.1 Å². The van der Waals surface area contributed by atoms with Crippen LogP contribution in [0, 0.1) is 13.8 Å². The summed E-state index contributed by atoms with van der Waals surface area (Å²) in [5.41, 5.74) is 7.71. The molecule has 1 aromatic carbocycles. The molecular weight excluding hydrogens is 370 g/mol. The summed E-state index contributed by atoms with van der Waals surface area (Å²) >= 11 is 1.79. The lowest BCUT2D eigenvalue weighted by atomic mass is 10.1. The molecule has 2 amide bonds. The number of aryl methyl sites for hydroxylation is 3. The molecule has 0 aliphatic carbocycles. The van der Waals surface area contributed by atoms with Gasteiger partial charge in [-0.25, -0.2) is 0 Å². The van der Waals surface area contributed by atoms with Gasteiger partial charge in [0.15, 0.2) is 0 Å². The summed E-state index contributed by atoms with van der Waals surface area (Å²) in [6.07, 6.45) is 2.10. The monoisotopic (exact) mass is 395 g/mol. The highest BCUT2D eigenvalue weighted by atomic mass is 35.5. The van der Waals surface area contributed by atoms with Gasteiger partial charge in [-0.05, 0) is 50.5 Å². The van der Waals surface area contributed by atoms with Crippen molar-refractivity contribution in [1.29, 1.82) is 0 Å². The predicted octanol–water partition coefficient (Wildman–Crippen LogP) is 3.44. The van der Waals surface area contributed by atoms with Crippen LogP contribution >= 0.6 is 23.7 Å². The molecule has 0 atom stereocenters. The molecule has 0 radical (unpaired) electrons. The van der Waals surface area contributed by atoms with Crippen LogP contribution in [0.25, 0.3) is 0 Å². The highest BCUT2D eigenvalue weighted by Gasteiger charge is 2.12. The number of anilines is 1. The highest BCUT2D eigenvalue weighted by Crippen LogP contribution is 2.22. The Morgan fingerprint density at radius 2 is 1.92 bits per heavy atom. The van der Waals surface area contributed by atoms with Crippen LogP contribution in [0.1, 0.15) is 38.5 Å². The number of halogens is 1. The largest absolute Gasteiger partial charge is 0.351 e. The van der Waals surface area contributed by atoms with Gasteiger partial charge in [0, 0.05) is 29.3 Å². The van der Waals surface area contributed by atoms with E-state index in [0.717, 1.165) is 12.8 Å². The number of benzene rings is 1. The first-order valence-corrected chi connectivity index (χ1v) is 9.26. The maximum Gasteiger partial charge on any atom is 0.253 e. The lowest BCUT2D eigenvalue weighted by Crippen LogP contribution is -2.29. The van der Waals surface area contributed by atoms with Crippen molar-refractivity contribution in [3.8, 4) is 0 Å². The Kier molecular flexibility index (Phi) is 9.34. The Morgan fingerprint density at radius 3 is 2.58 bits per heavy atom. The molecule has 2 rings (SSSR count). The van der Waals surface area contributed by atoms with E-state index in [9.17, 15) is 9.59 Å². The van der Waals surface area contributed by atoms with Crippen LogP contribution in [-0.2, 0) is 11.2 Å². The van der Waals surface area contributed by atoms with Crippen LogP contribution in [0.5, 0.6) is 0 Å². The van der Waals surface area contributed by atoms with Crippen LogP contribution < -0.4 is 16.4 Å². The number of nitrogens with one attached hydrogen (secondary N) is 2. The minimum atomic E-state index is -0.231. The summed E-state index contributed by atoms with van der Waals surface area (Å²) in [5, 5.41) is 5.57. The molecular formula is C19H26ClN3O2S. The quantitative estimate of drug-likeness (QED) is 0.640. The van der Waals surface area contributed by atoms with E-state index in [-0.39, 0.29) is 24.2 Å². The van der Waals surface area contributed by atoms with Gasteiger partial charge in [-0.2, -0.15) is 0 Å². The fraction of sp³-hybridized carbons (Fsp3) is 0.368. The van der Waals surface area contributed by atoms with Crippen LogP contribution in [-0.4, -0.2) is 24.9 Å². The minimum Gasteiger partial charge on any atom is -0.351 e. The molecule has 2 aromatic rings. The van der Waals surface area contributed by atoms with Gasteiger partial charge in [0.2, 0.25) is 5.91 Å². The van der Waals surface area contributed by atoms with Crippen molar-refractivity contribution in [3.63, 3.8) is 0 Å². The molecule has 0 bridgehead atoms. The van der Waals surface area contributed by atoms with Crippen molar-refractivity contribution in [2.75, 3.05) is 18.4 Å². The Hall–Kier alpha value is -1.89. The van der Waals surface area contributed by atoms with E-state index in [1.165, 1.54) is 15.3 Å². The molecule has 0 aliphatic heterocycles. The number of amides is 2. The topological polar surface area (TPSA) is 84.2 Å². The van der Waals surface area contributed by atoms with E-state index in [1.54, 1.807) is 35.6 Å². The summed E-state index contributed by atoms with van der Waals surface area (Å²) in [6, 6.07) is 9.19. The molecule has 4 N–H and O–H groups in total. The molecule has 5 nitrogen and oxygen atoms in total. The zero-order chi connectivity index (χ0) is 18.2. The van der Waals surface area contributed by atoms with E-state index < -0.39 is 0 Å². The Balaban J connectivity index is 0.00000338. The van der Waals surface area contributed by atoms with Gasteiger partial charge in [-0.3, -0.25) is 9.59 Å². The lowest BCUT2D eigenvalue weighted by molar-refractivity contribution is -0.116. The summed E-state index contributed by atoms with van der Waals surface area (Å²) in [5.74, 6) is -0.311. The first kappa shape index (κ1) is 22.2. The molecule has 7 heteroatoms. The molecule has 0 aliphatic rings. The number of rotatable bonds is 8. The average molecular weight is 396 g/mol. The summed E-state index contributed by atoms with van der Waals surface area (Å²) in [6.45, 7) is 4.99. The van der Waals surface area contributed by atoms with E-state index in [0.29, 0.717) is 30.8 Å². The second kappa shape index (κ2) is 11.0. The normalized spacial score (nSPS) is 10.1. The third-order valence-electron chi connectivity index (χ3n) is 3.87.